The Hall–Kier alpha value is -1.45. The molecule has 0 amide bonds. The van der Waals surface area contributed by atoms with Crippen LogP contribution in [0.4, 0.5) is 0 Å². The number of aliphatic hydroxyl groups excluding tert-OH is 3. The molecule has 3 saturated carbocycles. The Morgan fingerprint density at radius 3 is 2.18 bits per heavy atom. The summed E-state index contributed by atoms with van der Waals surface area (Å²) in [6.07, 6.45) is -1.12. The highest BCUT2D eigenvalue weighted by molar-refractivity contribution is 5.93. The lowest BCUT2D eigenvalue weighted by atomic mass is 9.38. The van der Waals surface area contributed by atoms with E-state index in [1.807, 2.05) is 34.6 Å². The lowest BCUT2D eigenvalue weighted by molar-refractivity contribution is -0.185. The molecule has 0 aliphatic heterocycles. The van der Waals surface area contributed by atoms with Gasteiger partial charge in [-0.1, -0.05) is 46.3 Å². The van der Waals surface area contributed by atoms with Gasteiger partial charge in [0.05, 0.1) is 17.8 Å². The largest absolute Gasteiger partial charge is 0.393 e. The maximum absolute atomic E-state index is 14.2. The van der Waals surface area contributed by atoms with Crippen LogP contribution in [-0.4, -0.2) is 72.4 Å². The van der Waals surface area contributed by atoms with Crippen LogP contribution in [0, 0.1) is 39.4 Å². The van der Waals surface area contributed by atoms with E-state index in [9.17, 15) is 39.9 Å². The molecular weight excluding hydrogens is 488 g/mol. The van der Waals surface area contributed by atoms with Crippen molar-refractivity contribution in [1.29, 1.82) is 0 Å². The molecule has 8 nitrogen and oxygen atoms in total. The topological polar surface area (TPSA) is 152 Å². The first-order chi connectivity index (χ1) is 17.1. The second-order valence-corrected chi connectivity index (χ2v) is 14.7. The van der Waals surface area contributed by atoms with E-state index in [-0.39, 0.29) is 42.7 Å². The fourth-order valence-electron chi connectivity index (χ4n) is 9.16. The molecule has 0 aromatic rings. The van der Waals surface area contributed by atoms with Crippen LogP contribution in [0.15, 0.2) is 11.6 Å². The van der Waals surface area contributed by atoms with Gasteiger partial charge in [-0.2, -0.15) is 0 Å². The Labute approximate surface area is 225 Å². The molecule has 38 heavy (non-hydrogen) atoms. The predicted molar refractivity (Wildman–Crippen MR) is 140 cm³/mol. The lowest BCUT2D eigenvalue weighted by Gasteiger charge is -2.64. The third kappa shape index (κ3) is 3.70. The summed E-state index contributed by atoms with van der Waals surface area (Å²) in [6, 6.07) is 0. The Bertz CT molecular complexity index is 1080. The molecule has 1 unspecified atom stereocenters. The minimum Gasteiger partial charge on any atom is -0.393 e. The lowest BCUT2D eigenvalue weighted by Crippen LogP contribution is -2.65. The van der Waals surface area contributed by atoms with Gasteiger partial charge in [0.1, 0.15) is 17.5 Å². The zero-order valence-electron chi connectivity index (χ0n) is 24.0. The minimum absolute atomic E-state index is 0.0245. The first kappa shape index (κ1) is 29.5. The van der Waals surface area contributed by atoms with Gasteiger partial charge in [-0.05, 0) is 56.3 Å². The van der Waals surface area contributed by atoms with Crippen LogP contribution in [-0.2, 0) is 14.4 Å². The SMILES string of the molecule is CC(C)(O)C(O)CC(=O)[C@](C)(O)[C@H]1[C@H](O)C[C@@]2(C)[C@@H]3CC=C4[C@@H](CC(=O)[C@H](O)C4(C)C)[C@]3(C)C(=O)C[C@]12C. The summed E-state index contributed by atoms with van der Waals surface area (Å²) in [5, 5.41) is 54.2. The molecule has 10 atom stereocenters. The highest BCUT2D eigenvalue weighted by Crippen LogP contribution is 2.74. The van der Waals surface area contributed by atoms with Crippen LogP contribution in [0.2, 0.25) is 0 Å². The molecule has 0 aromatic heterocycles. The van der Waals surface area contributed by atoms with Crippen molar-refractivity contribution in [2.45, 2.75) is 117 Å². The number of hydrogen-bond donors (Lipinski definition) is 5. The van der Waals surface area contributed by atoms with Gasteiger partial charge in [0.15, 0.2) is 11.6 Å². The molecule has 0 radical (unpaired) electrons. The Kier molecular flexibility index (Phi) is 6.63. The van der Waals surface area contributed by atoms with Crippen molar-refractivity contribution in [3.8, 4) is 0 Å². The van der Waals surface area contributed by atoms with Gasteiger partial charge >= 0.3 is 0 Å². The summed E-state index contributed by atoms with van der Waals surface area (Å²) in [5.41, 5.74) is -5.93. The molecular formula is C30H46O8. The smallest absolute Gasteiger partial charge is 0.167 e. The number of hydrogen-bond acceptors (Lipinski definition) is 8. The van der Waals surface area contributed by atoms with E-state index in [4.69, 9.17) is 0 Å². The van der Waals surface area contributed by atoms with Crippen LogP contribution >= 0.6 is 0 Å². The summed E-state index contributed by atoms with van der Waals surface area (Å²) in [5.74, 6) is -2.60. The number of carbonyl (C=O) groups is 3. The zero-order valence-corrected chi connectivity index (χ0v) is 24.0. The minimum atomic E-state index is -2.05. The first-order valence-electron chi connectivity index (χ1n) is 13.9. The van der Waals surface area contributed by atoms with E-state index in [0.717, 1.165) is 5.57 Å². The van der Waals surface area contributed by atoms with Gasteiger partial charge in [-0.3, -0.25) is 14.4 Å². The number of allylic oxidation sites excluding steroid dienone is 1. The fourth-order valence-corrected chi connectivity index (χ4v) is 9.16. The number of Topliss-reactive ketones (excluding diaryl/α,β-unsaturated/α-hetero) is 3. The Balaban J connectivity index is 1.77. The van der Waals surface area contributed by atoms with E-state index in [2.05, 4.69) is 6.08 Å². The predicted octanol–water partition coefficient (Wildman–Crippen LogP) is 2.12. The molecule has 5 N–H and O–H groups in total. The average Bonchev–Trinajstić information content (AvgIpc) is 2.97. The van der Waals surface area contributed by atoms with Crippen LogP contribution in [0.25, 0.3) is 0 Å². The second kappa shape index (κ2) is 8.53. The molecule has 0 aromatic carbocycles. The molecule has 0 spiro atoms. The van der Waals surface area contributed by atoms with Crippen LogP contribution < -0.4 is 0 Å². The molecule has 0 saturated heterocycles. The molecule has 4 aliphatic rings. The second-order valence-electron chi connectivity index (χ2n) is 14.7. The van der Waals surface area contributed by atoms with E-state index >= 15 is 0 Å². The van der Waals surface area contributed by atoms with Gasteiger partial charge in [0.25, 0.3) is 0 Å². The summed E-state index contributed by atoms with van der Waals surface area (Å²) in [7, 11) is 0. The molecule has 4 aliphatic carbocycles. The van der Waals surface area contributed by atoms with Gasteiger partial charge in [-0.25, -0.2) is 0 Å². The number of carbonyl (C=O) groups excluding carboxylic acids is 3. The van der Waals surface area contributed by atoms with E-state index in [0.29, 0.717) is 6.42 Å². The highest BCUT2D eigenvalue weighted by Gasteiger charge is 2.74. The van der Waals surface area contributed by atoms with Crippen LogP contribution in [0.3, 0.4) is 0 Å². The standard InChI is InChI=1S/C30H46O8/c1-25(2)15-9-10-19-27(5)13-18(32)23(30(8,38)21(34)12-20(33)26(3,4)37)28(27,6)14-22(35)29(19,7)16(15)11-17(31)24(25)36/h9,16,18-20,23-24,32-33,36-38H,10-14H2,1-8H3/t16-,18-,19+,20?,23+,24+,27+,28-,29+,30+/m1/s1. The molecule has 0 bridgehead atoms. The zero-order chi connectivity index (χ0) is 29.0. The Morgan fingerprint density at radius 1 is 1.05 bits per heavy atom. The third-order valence-corrected chi connectivity index (χ3v) is 11.8. The van der Waals surface area contributed by atoms with Crippen molar-refractivity contribution in [3.05, 3.63) is 11.6 Å². The number of aliphatic hydroxyl groups is 5. The maximum Gasteiger partial charge on any atom is 0.167 e. The quantitative estimate of drug-likeness (QED) is 0.336. The Morgan fingerprint density at radius 2 is 1.63 bits per heavy atom. The van der Waals surface area contributed by atoms with E-state index in [1.165, 1.54) is 20.8 Å². The average molecular weight is 535 g/mol. The molecule has 3 fully saturated rings. The molecule has 214 valence electrons. The van der Waals surface area contributed by atoms with Crippen LogP contribution in [0.5, 0.6) is 0 Å². The van der Waals surface area contributed by atoms with E-state index in [1.54, 1.807) is 0 Å². The summed E-state index contributed by atoms with van der Waals surface area (Å²) < 4.78 is 0. The monoisotopic (exact) mass is 534 g/mol. The van der Waals surface area contributed by atoms with Crippen molar-refractivity contribution in [3.63, 3.8) is 0 Å². The van der Waals surface area contributed by atoms with Gasteiger partial charge in [0.2, 0.25) is 0 Å². The van der Waals surface area contributed by atoms with Gasteiger partial charge in [-0.15, -0.1) is 0 Å². The summed E-state index contributed by atoms with van der Waals surface area (Å²) in [4.78, 5) is 40.5. The third-order valence-electron chi connectivity index (χ3n) is 11.8. The van der Waals surface area contributed by atoms with Gasteiger partial charge in [0, 0.05) is 36.0 Å². The number of ketones is 3. The van der Waals surface area contributed by atoms with Crippen molar-refractivity contribution in [2.75, 3.05) is 0 Å². The summed E-state index contributed by atoms with van der Waals surface area (Å²) >= 11 is 0. The fraction of sp³-hybridized carbons (Fsp3) is 0.833. The molecule has 8 heteroatoms. The normalized spacial score (nSPS) is 44.9. The first-order valence-corrected chi connectivity index (χ1v) is 13.9. The van der Waals surface area contributed by atoms with Crippen molar-refractivity contribution >= 4 is 17.3 Å². The van der Waals surface area contributed by atoms with E-state index < -0.39 is 69.3 Å². The maximum atomic E-state index is 14.2. The number of rotatable bonds is 5. The van der Waals surface area contributed by atoms with Crippen LogP contribution in [0.1, 0.15) is 87.5 Å². The summed E-state index contributed by atoms with van der Waals surface area (Å²) in [6.45, 7) is 13.6. The number of fused-ring (bicyclic) bond motifs is 5. The molecule has 4 rings (SSSR count). The molecule has 0 heterocycles. The highest BCUT2D eigenvalue weighted by atomic mass is 16.3. The van der Waals surface area contributed by atoms with Crippen molar-refractivity contribution < 1.29 is 39.9 Å². The van der Waals surface area contributed by atoms with Gasteiger partial charge < -0.3 is 25.5 Å². The van der Waals surface area contributed by atoms with Crippen molar-refractivity contribution in [1.82, 2.24) is 0 Å². The van der Waals surface area contributed by atoms with Crippen molar-refractivity contribution in [2.24, 2.45) is 39.4 Å².